The zero-order valence-electron chi connectivity index (χ0n) is 10.3. The number of halogens is 1. The van der Waals surface area contributed by atoms with Gasteiger partial charge < -0.3 is 4.42 Å². The fourth-order valence-corrected chi connectivity index (χ4v) is 3.26. The second kappa shape index (κ2) is 5.90. The first-order valence-corrected chi connectivity index (χ1v) is 8.04. The number of sulfonamides is 1. The van der Waals surface area contributed by atoms with Gasteiger partial charge in [0.15, 0.2) is 0 Å². The van der Waals surface area contributed by atoms with E-state index in [1.807, 2.05) is 13.0 Å². The van der Waals surface area contributed by atoms with Crippen molar-refractivity contribution in [3.63, 3.8) is 0 Å². The van der Waals surface area contributed by atoms with Crippen LogP contribution in [0.1, 0.15) is 12.5 Å². The number of nitrogens with one attached hydrogen (secondary N) is 1. The monoisotopic (exact) mass is 343 g/mol. The predicted octanol–water partition coefficient (Wildman–Crippen LogP) is 2.95. The van der Waals surface area contributed by atoms with E-state index >= 15 is 0 Å². The topological polar surface area (TPSA) is 59.3 Å². The van der Waals surface area contributed by atoms with E-state index in [0.717, 1.165) is 10.0 Å². The molecule has 1 heterocycles. The molecule has 0 saturated carbocycles. The molecule has 102 valence electrons. The smallest absolute Gasteiger partial charge is 0.240 e. The van der Waals surface area contributed by atoms with Crippen molar-refractivity contribution in [1.29, 1.82) is 0 Å². The van der Waals surface area contributed by atoms with E-state index in [1.165, 1.54) is 0 Å². The molecule has 0 radical (unpaired) electrons. The molecule has 0 aliphatic heterocycles. The van der Waals surface area contributed by atoms with Gasteiger partial charge in [-0.2, -0.15) is 0 Å². The van der Waals surface area contributed by atoms with Crippen molar-refractivity contribution >= 4 is 26.0 Å². The molecule has 0 fully saturated rings. The molecule has 0 aliphatic rings. The second-order valence-electron chi connectivity index (χ2n) is 4.31. The molecule has 2 aromatic rings. The number of furan rings is 1. The van der Waals surface area contributed by atoms with Crippen LogP contribution in [0.15, 0.2) is 56.6 Å². The Morgan fingerprint density at radius 3 is 2.53 bits per heavy atom. The highest BCUT2D eigenvalue weighted by molar-refractivity contribution is 9.10. The van der Waals surface area contributed by atoms with Gasteiger partial charge in [-0.3, -0.25) is 0 Å². The standard InChI is InChI=1S/C13H14BrNO3S/c1-10(8-11-6-7-18-9-11)15-19(16,17)13-4-2-12(14)3-5-13/h2-7,9-10,15H,8H2,1H3. The number of hydrogen-bond donors (Lipinski definition) is 1. The summed E-state index contributed by atoms with van der Waals surface area (Å²) in [5.74, 6) is 0. The maximum Gasteiger partial charge on any atom is 0.240 e. The second-order valence-corrected chi connectivity index (χ2v) is 6.94. The lowest BCUT2D eigenvalue weighted by atomic mass is 10.1. The molecular weight excluding hydrogens is 330 g/mol. The molecule has 19 heavy (non-hydrogen) atoms. The predicted molar refractivity (Wildman–Crippen MR) is 76.3 cm³/mol. The van der Waals surface area contributed by atoms with Gasteiger partial charge in [0.25, 0.3) is 0 Å². The van der Waals surface area contributed by atoms with Gasteiger partial charge in [0.1, 0.15) is 0 Å². The summed E-state index contributed by atoms with van der Waals surface area (Å²) < 4.78 is 32.7. The lowest BCUT2D eigenvalue weighted by molar-refractivity contribution is 0.549. The van der Waals surface area contributed by atoms with E-state index in [2.05, 4.69) is 20.7 Å². The molecule has 4 nitrogen and oxygen atoms in total. The van der Waals surface area contributed by atoms with Crippen molar-refractivity contribution < 1.29 is 12.8 Å². The van der Waals surface area contributed by atoms with Crippen LogP contribution in [0.5, 0.6) is 0 Å². The van der Waals surface area contributed by atoms with Crippen LogP contribution in [0.3, 0.4) is 0 Å². The van der Waals surface area contributed by atoms with Crippen LogP contribution in [0.25, 0.3) is 0 Å². The summed E-state index contributed by atoms with van der Waals surface area (Å²) >= 11 is 3.28. The van der Waals surface area contributed by atoms with Crippen LogP contribution in [0.4, 0.5) is 0 Å². The highest BCUT2D eigenvalue weighted by Gasteiger charge is 2.17. The van der Waals surface area contributed by atoms with Gasteiger partial charge in [0, 0.05) is 10.5 Å². The van der Waals surface area contributed by atoms with Crippen LogP contribution >= 0.6 is 15.9 Å². The third kappa shape index (κ3) is 3.92. The largest absolute Gasteiger partial charge is 0.472 e. The molecule has 1 aromatic carbocycles. The van der Waals surface area contributed by atoms with Gasteiger partial charge in [0.05, 0.1) is 17.4 Å². The molecule has 0 bridgehead atoms. The van der Waals surface area contributed by atoms with Crippen LogP contribution < -0.4 is 4.72 Å². The lowest BCUT2D eigenvalue weighted by Crippen LogP contribution is -2.34. The Balaban J connectivity index is 2.06. The van der Waals surface area contributed by atoms with Gasteiger partial charge >= 0.3 is 0 Å². The summed E-state index contributed by atoms with van der Waals surface area (Å²) in [6.45, 7) is 1.82. The fraction of sp³-hybridized carbons (Fsp3) is 0.231. The van der Waals surface area contributed by atoms with Crippen molar-refractivity contribution in [3.05, 3.63) is 52.9 Å². The average Bonchev–Trinajstić information content (AvgIpc) is 2.81. The van der Waals surface area contributed by atoms with Gasteiger partial charge in [0.2, 0.25) is 10.0 Å². The Morgan fingerprint density at radius 2 is 1.95 bits per heavy atom. The molecule has 0 saturated heterocycles. The molecule has 1 unspecified atom stereocenters. The normalized spacial score (nSPS) is 13.4. The summed E-state index contributed by atoms with van der Waals surface area (Å²) in [5, 5.41) is 0. The van der Waals surface area contributed by atoms with Crippen LogP contribution in [-0.4, -0.2) is 14.5 Å². The number of rotatable bonds is 5. The Morgan fingerprint density at radius 1 is 1.26 bits per heavy atom. The zero-order chi connectivity index (χ0) is 13.9. The Hall–Kier alpha value is -1.11. The summed E-state index contributed by atoms with van der Waals surface area (Å²) in [6, 6.07) is 8.16. The quantitative estimate of drug-likeness (QED) is 0.907. The van der Waals surface area contributed by atoms with Gasteiger partial charge in [-0.1, -0.05) is 15.9 Å². The minimum atomic E-state index is -3.48. The summed E-state index contributed by atoms with van der Waals surface area (Å²) in [6.07, 6.45) is 3.78. The van der Waals surface area contributed by atoms with Crippen molar-refractivity contribution in [3.8, 4) is 0 Å². The van der Waals surface area contributed by atoms with Crippen molar-refractivity contribution in [2.75, 3.05) is 0 Å². The van der Waals surface area contributed by atoms with E-state index in [4.69, 9.17) is 4.42 Å². The van der Waals surface area contributed by atoms with E-state index in [-0.39, 0.29) is 10.9 Å². The SMILES string of the molecule is CC(Cc1ccoc1)NS(=O)(=O)c1ccc(Br)cc1. The van der Waals surface area contributed by atoms with Gasteiger partial charge in [-0.05, 0) is 49.2 Å². The van der Waals surface area contributed by atoms with E-state index in [1.54, 1.807) is 36.8 Å². The van der Waals surface area contributed by atoms with Crippen LogP contribution in [-0.2, 0) is 16.4 Å². The first-order chi connectivity index (χ1) is 8.97. The zero-order valence-corrected chi connectivity index (χ0v) is 12.7. The number of benzene rings is 1. The number of hydrogen-bond acceptors (Lipinski definition) is 3. The van der Waals surface area contributed by atoms with Crippen molar-refractivity contribution in [2.45, 2.75) is 24.3 Å². The molecule has 1 aromatic heterocycles. The van der Waals surface area contributed by atoms with E-state index < -0.39 is 10.0 Å². The minimum Gasteiger partial charge on any atom is -0.472 e. The Kier molecular flexibility index (Phi) is 4.44. The molecule has 0 spiro atoms. The average molecular weight is 344 g/mol. The summed E-state index contributed by atoms with van der Waals surface area (Å²) in [4.78, 5) is 0.259. The van der Waals surface area contributed by atoms with Crippen molar-refractivity contribution in [1.82, 2.24) is 4.72 Å². The summed E-state index contributed by atoms with van der Waals surface area (Å²) in [5.41, 5.74) is 0.964. The molecule has 0 aliphatic carbocycles. The van der Waals surface area contributed by atoms with Gasteiger partial charge in [-0.15, -0.1) is 0 Å². The molecule has 6 heteroatoms. The van der Waals surface area contributed by atoms with Crippen LogP contribution in [0, 0.1) is 0 Å². The molecule has 1 N–H and O–H groups in total. The molecule has 1 atom stereocenters. The highest BCUT2D eigenvalue weighted by atomic mass is 79.9. The maximum atomic E-state index is 12.1. The maximum absolute atomic E-state index is 12.1. The first kappa shape index (κ1) is 14.3. The minimum absolute atomic E-state index is 0.203. The summed E-state index contributed by atoms with van der Waals surface area (Å²) in [7, 11) is -3.48. The Labute approximate surface area is 121 Å². The van der Waals surface area contributed by atoms with Gasteiger partial charge in [-0.25, -0.2) is 13.1 Å². The van der Waals surface area contributed by atoms with Crippen molar-refractivity contribution in [2.24, 2.45) is 0 Å². The Bertz CT molecular complexity index is 620. The first-order valence-electron chi connectivity index (χ1n) is 5.76. The molecule has 2 rings (SSSR count). The van der Waals surface area contributed by atoms with Crippen LogP contribution in [0.2, 0.25) is 0 Å². The third-order valence-corrected chi connectivity index (χ3v) is 4.74. The third-order valence-electron chi connectivity index (χ3n) is 2.60. The molecular formula is C13H14BrNO3S. The molecule has 0 amide bonds. The lowest BCUT2D eigenvalue weighted by Gasteiger charge is -2.13. The highest BCUT2D eigenvalue weighted by Crippen LogP contribution is 2.15. The van der Waals surface area contributed by atoms with E-state index in [9.17, 15) is 8.42 Å². The van der Waals surface area contributed by atoms with E-state index in [0.29, 0.717) is 6.42 Å². The fourth-order valence-electron chi connectivity index (χ4n) is 1.75.